The van der Waals surface area contributed by atoms with Crippen LogP contribution < -0.4 is 0 Å². The number of hydrogen-bond acceptors (Lipinski definition) is 3. The van der Waals surface area contributed by atoms with E-state index in [1.807, 2.05) is 6.92 Å². The van der Waals surface area contributed by atoms with Crippen molar-refractivity contribution in [1.29, 1.82) is 0 Å². The molecule has 5 nitrogen and oxygen atoms in total. The SMILES string of the molecule is Cc1c(Cl)cnn1Cc1oc2ccccc2c1C(=O)O. The summed E-state index contributed by atoms with van der Waals surface area (Å²) in [6.45, 7) is 2.05. The lowest BCUT2D eigenvalue weighted by molar-refractivity contribution is 0.0696. The van der Waals surface area contributed by atoms with Crippen molar-refractivity contribution >= 4 is 28.5 Å². The van der Waals surface area contributed by atoms with Crippen LogP contribution in [0, 0.1) is 6.92 Å². The molecule has 0 fully saturated rings. The Morgan fingerprint density at radius 1 is 1.45 bits per heavy atom. The largest absolute Gasteiger partial charge is 0.478 e. The van der Waals surface area contributed by atoms with Crippen molar-refractivity contribution in [3.05, 3.63) is 52.5 Å². The summed E-state index contributed by atoms with van der Waals surface area (Å²) >= 11 is 5.95. The third-order valence-corrected chi connectivity index (χ3v) is 3.59. The van der Waals surface area contributed by atoms with Crippen LogP contribution in [0.1, 0.15) is 21.8 Å². The number of rotatable bonds is 3. The molecule has 3 aromatic rings. The zero-order valence-corrected chi connectivity index (χ0v) is 11.4. The smallest absolute Gasteiger partial charge is 0.339 e. The van der Waals surface area contributed by atoms with Gasteiger partial charge in [-0.3, -0.25) is 4.68 Å². The number of benzene rings is 1. The average Bonchev–Trinajstić information content (AvgIpc) is 2.93. The molecule has 0 spiro atoms. The number of carboxylic acid groups (broad SMARTS) is 1. The molecule has 0 aliphatic heterocycles. The van der Waals surface area contributed by atoms with E-state index in [1.54, 1.807) is 28.9 Å². The normalized spacial score (nSPS) is 11.1. The molecule has 0 radical (unpaired) electrons. The third-order valence-electron chi connectivity index (χ3n) is 3.22. The Morgan fingerprint density at radius 2 is 2.20 bits per heavy atom. The van der Waals surface area contributed by atoms with E-state index in [9.17, 15) is 9.90 Å². The zero-order chi connectivity index (χ0) is 14.3. The van der Waals surface area contributed by atoms with E-state index >= 15 is 0 Å². The quantitative estimate of drug-likeness (QED) is 0.803. The van der Waals surface area contributed by atoms with E-state index in [1.165, 1.54) is 6.20 Å². The standard InChI is InChI=1S/C14H11ClN2O3/c1-8-10(15)6-16-17(8)7-12-13(14(18)19)9-4-2-3-5-11(9)20-12/h2-6H,7H2,1H3,(H,18,19). The summed E-state index contributed by atoms with van der Waals surface area (Å²) in [5.74, 6) is -0.651. The van der Waals surface area contributed by atoms with Gasteiger partial charge in [-0.2, -0.15) is 5.10 Å². The minimum atomic E-state index is -1.01. The van der Waals surface area contributed by atoms with Crippen molar-refractivity contribution in [1.82, 2.24) is 9.78 Å². The Bertz CT molecular complexity index is 804. The van der Waals surface area contributed by atoms with Crippen LogP contribution in [0.25, 0.3) is 11.0 Å². The average molecular weight is 291 g/mol. The van der Waals surface area contributed by atoms with Gasteiger partial charge in [0.15, 0.2) is 0 Å². The van der Waals surface area contributed by atoms with Gasteiger partial charge in [0.05, 0.1) is 16.9 Å². The first kappa shape index (κ1) is 12.7. The summed E-state index contributed by atoms with van der Waals surface area (Å²) in [4.78, 5) is 11.5. The van der Waals surface area contributed by atoms with E-state index in [0.29, 0.717) is 21.8 Å². The Hall–Kier alpha value is -2.27. The maximum Gasteiger partial charge on any atom is 0.339 e. The van der Waals surface area contributed by atoms with E-state index in [4.69, 9.17) is 16.0 Å². The van der Waals surface area contributed by atoms with Crippen molar-refractivity contribution in [2.45, 2.75) is 13.5 Å². The van der Waals surface area contributed by atoms with Crippen LogP contribution >= 0.6 is 11.6 Å². The number of hydrogen-bond donors (Lipinski definition) is 1. The molecule has 1 aromatic carbocycles. The lowest BCUT2D eigenvalue weighted by atomic mass is 10.1. The molecule has 0 aliphatic rings. The summed E-state index contributed by atoms with van der Waals surface area (Å²) < 4.78 is 7.26. The number of carboxylic acids is 1. The van der Waals surface area contributed by atoms with Gasteiger partial charge in [0, 0.05) is 5.39 Å². The highest BCUT2D eigenvalue weighted by Gasteiger charge is 2.21. The fourth-order valence-corrected chi connectivity index (χ4v) is 2.30. The number of aromatic nitrogens is 2. The number of para-hydroxylation sites is 1. The van der Waals surface area contributed by atoms with Gasteiger partial charge in [-0.15, -0.1) is 0 Å². The molecule has 0 unspecified atom stereocenters. The van der Waals surface area contributed by atoms with Crippen LogP contribution in [0.4, 0.5) is 0 Å². The highest BCUT2D eigenvalue weighted by molar-refractivity contribution is 6.31. The van der Waals surface area contributed by atoms with Crippen LogP contribution in [-0.4, -0.2) is 20.9 Å². The van der Waals surface area contributed by atoms with Gasteiger partial charge < -0.3 is 9.52 Å². The van der Waals surface area contributed by atoms with Crippen LogP contribution in [0.3, 0.4) is 0 Å². The van der Waals surface area contributed by atoms with E-state index in [2.05, 4.69) is 5.10 Å². The Labute approximate surface area is 119 Å². The number of furan rings is 1. The van der Waals surface area contributed by atoms with E-state index in [-0.39, 0.29) is 12.1 Å². The minimum absolute atomic E-state index is 0.173. The number of carbonyl (C=O) groups is 1. The Balaban J connectivity index is 2.13. The second kappa shape index (κ2) is 4.68. The first-order valence-corrected chi connectivity index (χ1v) is 6.37. The molecule has 2 heterocycles. The molecule has 3 rings (SSSR count). The van der Waals surface area contributed by atoms with Crippen LogP contribution in [0.5, 0.6) is 0 Å². The summed E-state index contributed by atoms with van der Waals surface area (Å²) in [5.41, 5.74) is 1.49. The molecular weight excluding hydrogens is 280 g/mol. The monoisotopic (exact) mass is 290 g/mol. The molecule has 2 aromatic heterocycles. The lowest BCUT2D eigenvalue weighted by Gasteiger charge is -2.03. The van der Waals surface area contributed by atoms with E-state index < -0.39 is 5.97 Å². The predicted molar refractivity (Wildman–Crippen MR) is 74.2 cm³/mol. The van der Waals surface area contributed by atoms with Gasteiger partial charge in [0.2, 0.25) is 0 Å². The second-order valence-corrected chi connectivity index (χ2v) is 4.84. The van der Waals surface area contributed by atoms with Gasteiger partial charge in [-0.1, -0.05) is 29.8 Å². The van der Waals surface area contributed by atoms with Gasteiger partial charge in [-0.05, 0) is 13.0 Å². The number of halogens is 1. The highest BCUT2D eigenvalue weighted by atomic mass is 35.5. The Morgan fingerprint density at radius 3 is 2.85 bits per heavy atom. The third kappa shape index (κ3) is 1.96. The lowest BCUT2D eigenvalue weighted by Crippen LogP contribution is -2.07. The van der Waals surface area contributed by atoms with Crippen LogP contribution in [-0.2, 0) is 6.54 Å². The molecule has 0 aliphatic carbocycles. The summed E-state index contributed by atoms with van der Waals surface area (Å²) in [6.07, 6.45) is 1.53. The maximum absolute atomic E-state index is 11.5. The fraction of sp³-hybridized carbons (Fsp3) is 0.143. The fourth-order valence-electron chi connectivity index (χ4n) is 2.16. The first-order chi connectivity index (χ1) is 9.58. The maximum atomic E-state index is 11.5. The van der Waals surface area contributed by atoms with Crippen LogP contribution in [0.15, 0.2) is 34.9 Å². The molecule has 0 amide bonds. The predicted octanol–water partition coefficient (Wildman–Crippen LogP) is 3.34. The molecule has 1 N–H and O–H groups in total. The zero-order valence-electron chi connectivity index (χ0n) is 10.6. The van der Waals surface area contributed by atoms with Crippen molar-refractivity contribution < 1.29 is 14.3 Å². The number of fused-ring (bicyclic) bond motifs is 1. The number of aromatic carboxylic acids is 1. The van der Waals surface area contributed by atoms with Gasteiger partial charge in [0.25, 0.3) is 0 Å². The van der Waals surface area contributed by atoms with Crippen molar-refractivity contribution in [3.8, 4) is 0 Å². The van der Waals surface area contributed by atoms with E-state index in [0.717, 1.165) is 5.69 Å². The summed E-state index contributed by atoms with van der Waals surface area (Å²) in [6, 6.07) is 7.06. The topological polar surface area (TPSA) is 68.3 Å². The Kier molecular flexibility index (Phi) is 2.99. The summed E-state index contributed by atoms with van der Waals surface area (Å²) in [5, 5.41) is 14.6. The van der Waals surface area contributed by atoms with Crippen LogP contribution in [0.2, 0.25) is 5.02 Å². The van der Waals surface area contributed by atoms with Crippen molar-refractivity contribution in [3.63, 3.8) is 0 Å². The summed E-state index contributed by atoms with van der Waals surface area (Å²) in [7, 11) is 0. The first-order valence-electron chi connectivity index (χ1n) is 5.99. The molecule has 0 saturated carbocycles. The molecule has 0 bridgehead atoms. The van der Waals surface area contributed by atoms with Gasteiger partial charge in [-0.25, -0.2) is 4.79 Å². The molecule has 0 atom stereocenters. The molecular formula is C14H11ClN2O3. The van der Waals surface area contributed by atoms with Gasteiger partial charge >= 0.3 is 5.97 Å². The highest BCUT2D eigenvalue weighted by Crippen LogP contribution is 2.27. The number of nitrogens with zero attached hydrogens (tertiary/aromatic N) is 2. The second-order valence-electron chi connectivity index (χ2n) is 4.44. The molecule has 6 heteroatoms. The molecule has 0 saturated heterocycles. The minimum Gasteiger partial charge on any atom is -0.478 e. The molecule has 102 valence electrons. The van der Waals surface area contributed by atoms with Crippen molar-refractivity contribution in [2.24, 2.45) is 0 Å². The van der Waals surface area contributed by atoms with Crippen molar-refractivity contribution in [2.75, 3.05) is 0 Å². The van der Waals surface area contributed by atoms with Gasteiger partial charge in [0.1, 0.15) is 23.5 Å². The molecule has 20 heavy (non-hydrogen) atoms.